The minimum atomic E-state index is 0.0508. The van der Waals surface area contributed by atoms with E-state index in [1.165, 1.54) is 0 Å². The van der Waals surface area contributed by atoms with Crippen molar-refractivity contribution in [3.8, 4) is 0 Å². The maximum absolute atomic E-state index is 11.7. The van der Waals surface area contributed by atoms with Crippen LogP contribution in [0.4, 0.5) is 0 Å². The monoisotopic (exact) mass is 271 g/mol. The molecule has 2 atom stereocenters. The summed E-state index contributed by atoms with van der Waals surface area (Å²) in [6.07, 6.45) is 0.529. The van der Waals surface area contributed by atoms with E-state index in [0.717, 1.165) is 16.1 Å². The van der Waals surface area contributed by atoms with Crippen LogP contribution in [0.3, 0.4) is 0 Å². The van der Waals surface area contributed by atoms with Crippen LogP contribution < -0.4 is 5.32 Å². The molecule has 0 bridgehead atoms. The third-order valence-electron chi connectivity index (χ3n) is 3.58. The second-order valence-corrected chi connectivity index (χ2v) is 5.25. The van der Waals surface area contributed by atoms with E-state index in [4.69, 9.17) is 11.6 Å². The summed E-state index contributed by atoms with van der Waals surface area (Å²) in [7, 11) is 0. The summed E-state index contributed by atoms with van der Waals surface area (Å²) >= 11 is 5.92. The highest BCUT2D eigenvalue weighted by atomic mass is 35.5. The number of hydrogen-bond donors (Lipinski definition) is 1. The Kier molecular flexibility index (Phi) is 3.26. The molecule has 1 amide bonds. The molecule has 96 valence electrons. The summed E-state index contributed by atoms with van der Waals surface area (Å²) < 4.78 is 0. The normalized spacial score (nSPS) is 22.3. The number of amides is 1. The quantitative estimate of drug-likeness (QED) is 0.887. The summed E-state index contributed by atoms with van der Waals surface area (Å²) in [6.45, 7) is 0. The van der Waals surface area contributed by atoms with Crippen molar-refractivity contribution < 1.29 is 4.79 Å². The lowest BCUT2D eigenvalue weighted by Gasteiger charge is -2.19. The SMILES string of the molecule is O=C1CC(c2ccc(Cl)cc2)C(c2ccccc2)N1. The predicted molar refractivity (Wildman–Crippen MR) is 76.1 cm³/mol. The fourth-order valence-corrected chi connectivity index (χ4v) is 2.77. The van der Waals surface area contributed by atoms with Crippen LogP contribution in [0, 0.1) is 0 Å². The lowest BCUT2D eigenvalue weighted by atomic mass is 9.88. The van der Waals surface area contributed by atoms with Crippen LogP contribution in [0.2, 0.25) is 5.02 Å². The highest BCUT2D eigenvalue weighted by Gasteiger charge is 2.34. The van der Waals surface area contributed by atoms with Crippen molar-refractivity contribution in [2.45, 2.75) is 18.4 Å². The molecule has 1 N–H and O–H groups in total. The molecule has 1 aliphatic rings. The van der Waals surface area contributed by atoms with Crippen molar-refractivity contribution >= 4 is 17.5 Å². The topological polar surface area (TPSA) is 29.1 Å². The van der Waals surface area contributed by atoms with Crippen molar-refractivity contribution in [3.05, 3.63) is 70.7 Å². The zero-order valence-electron chi connectivity index (χ0n) is 10.3. The van der Waals surface area contributed by atoms with E-state index in [1.54, 1.807) is 0 Å². The number of benzene rings is 2. The van der Waals surface area contributed by atoms with E-state index in [9.17, 15) is 4.79 Å². The Bertz CT molecular complexity index is 579. The van der Waals surface area contributed by atoms with Crippen LogP contribution in [-0.4, -0.2) is 5.91 Å². The van der Waals surface area contributed by atoms with Gasteiger partial charge in [-0.15, -0.1) is 0 Å². The zero-order valence-corrected chi connectivity index (χ0v) is 11.1. The number of rotatable bonds is 2. The third kappa shape index (κ3) is 2.49. The molecule has 0 aliphatic carbocycles. The zero-order chi connectivity index (χ0) is 13.2. The van der Waals surface area contributed by atoms with Gasteiger partial charge in [-0.05, 0) is 23.3 Å². The Balaban J connectivity index is 1.95. The second-order valence-electron chi connectivity index (χ2n) is 4.82. The van der Waals surface area contributed by atoms with Gasteiger partial charge in [-0.25, -0.2) is 0 Å². The van der Waals surface area contributed by atoms with Gasteiger partial charge in [0.15, 0.2) is 0 Å². The average Bonchev–Trinajstić information content (AvgIpc) is 2.83. The minimum Gasteiger partial charge on any atom is -0.349 e. The largest absolute Gasteiger partial charge is 0.349 e. The summed E-state index contributed by atoms with van der Waals surface area (Å²) in [6, 6.07) is 17.9. The Morgan fingerprint density at radius 3 is 2.32 bits per heavy atom. The summed E-state index contributed by atoms with van der Waals surface area (Å²) in [4.78, 5) is 11.7. The molecule has 1 fully saturated rings. The Labute approximate surface area is 117 Å². The molecular weight excluding hydrogens is 258 g/mol. The highest BCUT2D eigenvalue weighted by Crippen LogP contribution is 2.38. The van der Waals surface area contributed by atoms with E-state index in [0.29, 0.717) is 6.42 Å². The fourth-order valence-electron chi connectivity index (χ4n) is 2.65. The van der Waals surface area contributed by atoms with Gasteiger partial charge >= 0.3 is 0 Å². The molecule has 1 aliphatic heterocycles. The Hall–Kier alpha value is -1.80. The van der Waals surface area contributed by atoms with Gasteiger partial charge in [0.1, 0.15) is 0 Å². The van der Waals surface area contributed by atoms with Gasteiger partial charge in [0.05, 0.1) is 6.04 Å². The molecule has 1 heterocycles. The van der Waals surface area contributed by atoms with Crippen molar-refractivity contribution in [2.75, 3.05) is 0 Å². The number of hydrogen-bond acceptors (Lipinski definition) is 1. The molecule has 2 aromatic carbocycles. The van der Waals surface area contributed by atoms with E-state index in [2.05, 4.69) is 17.4 Å². The Morgan fingerprint density at radius 2 is 1.63 bits per heavy atom. The van der Waals surface area contributed by atoms with Gasteiger partial charge in [0.2, 0.25) is 5.91 Å². The molecule has 3 heteroatoms. The first-order chi connectivity index (χ1) is 9.24. The van der Waals surface area contributed by atoms with Crippen LogP contribution in [0.1, 0.15) is 29.5 Å². The van der Waals surface area contributed by atoms with Crippen LogP contribution in [0.25, 0.3) is 0 Å². The van der Waals surface area contributed by atoms with Gasteiger partial charge in [0.25, 0.3) is 0 Å². The highest BCUT2D eigenvalue weighted by molar-refractivity contribution is 6.30. The van der Waals surface area contributed by atoms with Crippen LogP contribution in [-0.2, 0) is 4.79 Å². The summed E-state index contributed by atoms with van der Waals surface area (Å²) in [5.41, 5.74) is 2.30. The van der Waals surface area contributed by atoms with E-state index < -0.39 is 0 Å². The van der Waals surface area contributed by atoms with Crippen molar-refractivity contribution in [1.29, 1.82) is 0 Å². The van der Waals surface area contributed by atoms with E-state index in [1.807, 2.05) is 42.5 Å². The van der Waals surface area contributed by atoms with Crippen molar-refractivity contribution in [3.63, 3.8) is 0 Å². The summed E-state index contributed by atoms with van der Waals surface area (Å²) in [5.74, 6) is 0.279. The molecule has 1 saturated heterocycles. The first-order valence-electron chi connectivity index (χ1n) is 6.34. The van der Waals surface area contributed by atoms with Gasteiger partial charge in [-0.2, -0.15) is 0 Å². The number of carbonyl (C=O) groups excluding carboxylic acids is 1. The smallest absolute Gasteiger partial charge is 0.221 e. The van der Waals surface area contributed by atoms with Gasteiger partial charge in [0, 0.05) is 17.4 Å². The molecule has 2 aromatic rings. The molecule has 0 radical (unpaired) electrons. The lowest BCUT2D eigenvalue weighted by Crippen LogP contribution is -2.20. The van der Waals surface area contributed by atoms with Gasteiger partial charge < -0.3 is 5.32 Å². The van der Waals surface area contributed by atoms with Gasteiger partial charge in [-0.3, -0.25) is 4.79 Å². The summed E-state index contributed by atoms with van der Waals surface area (Å²) in [5, 5.41) is 3.78. The molecule has 2 unspecified atom stereocenters. The minimum absolute atomic E-state index is 0.0508. The first-order valence-corrected chi connectivity index (χ1v) is 6.71. The molecule has 0 aromatic heterocycles. The third-order valence-corrected chi connectivity index (χ3v) is 3.83. The first kappa shape index (κ1) is 12.2. The van der Waals surface area contributed by atoms with Crippen LogP contribution >= 0.6 is 11.6 Å². The molecule has 0 spiro atoms. The van der Waals surface area contributed by atoms with E-state index in [-0.39, 0.29) is 17.9 Å². The average molecular weight is 272 g/mol. The molecular formula is C16H14ClNO. The van der Waals surface area contributed by atoms with Crippen molar-refractivity contribution in [2.24, 2.45) is 0 Å². The standard InChI is InChI=1S/C16H14ClNO/c17-13-8-6-11(7-9-13)14-10-15(19)18-16(14)12-4-2-1-3-5-12/h1-9,14,16H,10H2,(H,18,19). The maximum Gasteiger partial charge on any atom is 0.221 e. The second kappa shape index (κ2) is 5.06. The van der Waals surface area contributed by atoms with Crippen LogP contribution in [0.15, 0.2) is 54.6 Å². The van der Waals surface area contributed by atoms with Gasteiger partial charge in [-0.1, -0.05) is 54.1 Å². The van der Waals surface area contributed by atoms with Crippen molar-refractivity contribution in [1.82, 2.24) is 5.32 Å². The maximum atomic E-state index is 11.7. The number of halogens is 1. The predicted octanol–water partition coefficient (Wildman–Crippen LogP) is 3.68. The molecule has 19 heavy (non-hydrogen) atoms. The molecule has 3 rings (SSSR count). The number of carbonyl (C=O) groups is 1. The fraction of sp³-hybridized carbons (Fsp3) is 0.188. The van der Waals surface area contributed by atoms with E-state index >= 15 is 0 Å². The molecule has 0 saturated carbocycles. The molecule has 2 nitrogen and oxygen atoms in total. The van der Waals surface area contributed by atoms with Crippen LogP contribution in [0.5, 0.6) is 0 Å². The Morgan fingerprint density at radius 1 is 0.947 bits per heavy atom. The lowest BCUT2D eigenvalue weighted by molar-refractivity contribution is -0.119. The number of nitrogens with one attached hydrogen (secondary N) is 1.